The van der Waals surface area contributed by atoms with Crippen molar-refractivity contribution < 1.29 is 14.3 Å². The lowest BCUT2D eigenvalue weighted by Crippen LogP contribution is -2.35. The zero-order valence-corrected chi connectivity index (χ0v) is 7.71. The van der Waals surface area contributed by atoms with E-state index < -0.39 is 6.10 Å². The lowest BCUT2D eigenvalue weighted by atomic mass is 9.97. The van der Waals surface area contributed by atoms with Crippen molar-refractivity contribution >= 4 is 13.6 Å². The molecule has 0 amide bonds. The number of carbonyl (C=O) groups is 1. The molecule has 4 heteroatoms. The summed E-state index contributed by atoms with van der Waals surface area (Å²) in [6, 6.07) is 0. The third-order valence-corrected chi connectivity index (χ3v) is 1.38. The maximum atomic E-state index is 10.8. The van der Waals surface area contributed by atoms with Gasteiger partial charge in [-0.15, -0.1) is 0 Å². The molecule has 1 unspecified atom stereocenters. The lowest BCUT2D eigenvalue weighted by Gasteiger charge is -2.21. The van der Waals surface area contributed by atoms with Crippen molar-refractivity contribution in [3.05, 3.63) is 0 Å². The van der Waals surface area contributed by atoms with Crippen LogP contribution in [-0.2, 0) is 14.3 Å². The zero-order chi connectivity index (χ0) is 9.40. The molecule has 1 heterocycles. The van der Waals surface area contributed by atoms with Gasteiger partial charge < -0.3 is 9.47 Å². The predicted molar refractivity (Wildman–Crippen MR) is 47.5 cm³/mol. The van der Waals surface area contributed by atoms with E-state index in [0.29, 0.717) is 19.8 Å². The fourth-order valence-corrected chi connectivity index (χ4v) is 0.805. The van der Waals surface area contributed by atoms with Crippen LogP contribution < -0.4 is 0 Å². The first-order valence-electron chi connectivity index (χ1n) is 4.26. The molecule has 2 radical (unpaired) electrons. The second-order valence-electron chi connectivity index (χ2n) is 2.10. The minimum Gasteiger partial charge on any atom is -0.376 e. The Hall–Kier alpha value is -0.345. The molecule has 0 aromatic carbocycles. The van der Waals surface area contributed by atoms with Crippen molar-refractivity contribution in [1.29, 1.82) is 0 Å². The van der Waals surface area contributed by atoms with Gasteiger partial charge in [0.15, 0.2) is 5.78 Å². The number of Topliss-reactive ketones (excluding diaryl/α,β-unsaturated/α-hetero) is 1. The van der Waals surface area contributed by atoms with Gasteiger partial charge in [0.2, 0.25) is 0 Å². The first-order chi connectivity index (χ1) is 5.84. The largest absolute Gasteiger partial charge is 0.376 e. The summed E-state index contributed by atoms with van der Waals surface area (Å²) in [7, 11) is 5.12. The molecule has 1 aliphatic heterocycles. The van der Waals surface area contributed by atoms with Crippen LogP contribution in [0.25, 0.3) is 0 Å². The predicted octanol–water partition coefficient (Wildman–Crippen LogP) is 0.584. The van der Waals surface area contributed by atoms with Gasteiger partial charge in [0.25, 0.3) is 0 Å². The van der Waals surface area contributed by atoms with Crippen molar-refractivity contribution in [3.63, 3.8) is 0 Å². The van der Waals surface area contributed by atoms with Gasteiger partial charge in [0.1, 0.15) is 6.10 Å². The molecule has 12 heavy (non-hydrogen) atoms. The first-order valence-corrected chi connectivity index (χ1v) is 4.26. The van der Waals surface area contributed by atoms with E-state index >= 15 is 0 Å². The van der Waals surface area contributed by atoms with Crippen LogP contribution in [0.5, 0.6) is 0 Å². The fourth-order valence-electron chi connectivity index (χ4n) is 0.805. The average molecular weight is 170 g/mol. The highest BCUT2D eigenvalue weighted by Gasteiger charge is 2.19. The second kappa shape index (κ2) is 7.31. The molecule has 0 N–H and O–H groups in total. The second-order valence-corrected chi connectivity index (χ2v) is 2.10. The fraction of sp³-hybridized carbons (Fsp3) is 0.875. The van der Waals surface area contributed by atoms with E-state index in [1.807, 2.05) is 13.8 Å². The molecular weight excluding hydrogens is 155 g/mol. The number of ether oxygens (including phenoxy) is 2. The van der Waals surface area contributed by atoms with Crippen LogP contribution >= 0.6 is 0 Å². The lowest BCUT2D eigenvalue weighted by molar-refractivity contribution is -0.143. The Morgan fingerprint density at radius 3 is 2.58 bits per heavy atom. The van der Waals surface area contributed by atoms with E-state index in [4.69, 9.17) is 17.3 Å². The molecule has 0 saturated carbocycles. The van der Waals surface area contributed by atoms with Gasteiger partial charge in [-0.3, -0.25) is 4.79 Å². The summed E-state index contributed by atoms with van der Waals surface area (Å²) in [5.41, 5.74) is 0. The highest BCUT2D eigenvalue weighted by atomic mass is 16.6. The number of hydrogen-bond acceptors (Lipinski definition) is 3. The Bertz CT molecular complexity index is 121. The Labute approximate surface area is 74.8 Å². The van der Waals surface area contributed by atoms with E-state index in [1.54, 1.807) is 0 Å². The summed E-state index contributed by atoms with van der Waals surface area (Å²) in [6.45, 7) is 5.43. The van der Waals surface area contributed by atoms with Gasteiger partial charge in [-0.1, -0.05) is 13.8 Å². The summed E-state index contributed by atoms with van der Waals surface area (Å²) in [5.74, 6) is -0.0836. The van der Waals surface area contributed by atoms with Crippen LogP contribution in [0, 0.1) is 0 Å². The first kappa shape index (κ1) is 11.7. The van der Waals surface area contributed by atoms with Crippen LogP contribution in [-0.4, -0.2) is 39.6 Å². The number of hydrogen-bond donors (Lipinski definition) is 0. The molecule has 0 spiro atoms. The van der Waals surface area contributed by atoms with E-state index in [1.165, 1.54) is 0 Å². The standard InChI is InChI=1S/C6H9BO3.C2H6/c7-3-5(8)6-4-9-1-2-10-6;1-2/h6H,1-4H2;1-2H3. The highest BCUT2D eigenvalue weighted by molar-refractivity contribution is 6.21. The molecule has 1 rings (SSSR count). The Morgan fingerprint density at radius 2 is 2.17 bits per heavy atom. The SMILES string of the molecule is CC.[B]CC(=O)C1COCCO1. The number of ketones is 1. The number of carbonyl (C=O) groups excluding carboxylic acids is 1. The third-order valence-electron chi connectivity index (χ3n) is 1.38. The summed E-state index contributed by atoms with van der Waals surface area (Å²) in [6.07, 6.45) is -0.382. The van der Waals surface area contributed by atoms with Crippen LogP contribution in [0.3, 0.4) is 0 Å². The molecule has 0 aliphatic carbocycles. The van der Waals surface area contributed by atoms with Crippen LogP contribution in [0.2, 0.25) is 6.32 Å². The summed E-state index contributed by atoms with van der Waals surface area (Å²) in [4.78, 5) is 10.8. The molecule has 0 aromatic rings. The minimum absolute atomic E-state index is 0.0357. The van der Waals surface area contributed by atoms with Gasteiger partial charge >= 0.3 is 0 Å². The van der Waals surface area contributed by atoms with Gasteiger partial charge in [-0.25, -0.2) is 0 Å². The topological polar surface area (TPSA) is 35.5 Å². The van der Waals surface area contributed by atoms with Crippen LogP contribution in [0.15, 0.2) is 0 Å². The van der Waals surface area contributed by atoms with Crippen LogP contribution in [0.4, 0.5) is 0 Å². The summed E-state index contributed by atoms with van der Waals surface area (Å²) >= 11 is 0. The minimum atomic E-state index is -0.418. The van der Waals surface area contributed by atoms with E-state index in [0.717, 1.165) is 0 Å². The molecule has 1 aliphatic rings. The van der Waals surface area contributed by atoms with E-state index in [2.05, 4.69) is 0 Å². The Balaban J connectivity index is 0.000000561. The molecule has 1 fully saturated rings. The monoisotopic (exact) mass is 170 g/mol. The van der Waals surface area contributed by atoms with Gasteiger partial charge in [0, 0.05) is 0 Å². The average Bonchev–Trinajstić information content (AvgIpc) is 2.21. The summed E-state index contributed by atoms with van der Waals surface area (Å²) < 4.78 is 10.1. The van der Waals surface area contributed by atoms with Crippen molar-refractivity contribution in [1.82, 2.24) is 0 Å². The molecular formula is C8H15BO3. The summed E-state index contributed by atoms with van der Waals surface area (Å²) in [5, 5.41) is 0. The third kappa shape index (κ3) is 3.88. The van der Waals surface area contributed by atoms with Crippen molar-refractivity contribution in [2.75, 3.05) is 19.8 Å². The molecule has 3 nitrogen and oxygen atoms in total. The smallest absolute Gasteiger partial charge is 0.155 e. The molecule has 0 aromatic heterocycles. The normalized spacial score (nSPS) is 22.3. The van der Waals surface area contributed by atoms with Crippen molar-refractivity contribution in [2.45, 2.75) is 26.3 Å². The van der Waals surface area contributed by atoms with Crippen LogP contribution in [0.1, 0.15) is 13.8 Å². The molecule has 68 valence electrons. The van der Waals surface area contributed by atoms with Crippen molar-refractivity contribution in [3.8, 4) is 0 Å². The number of rotatable bonds is 2. The highest BCUT2D eigenvalue weighted by Crippen LogP contribution is 2.02. The Morgan fingerprint density at radius 1 is 1.50 bits per heavy atom. The Kier molecular flexibility index (Phi) is 7.10. The molecule has 1 atom stereocenters. The maximum absolute atomic E-state index is 10.8. The van der Waals surface area contributed by atoms with Gasteiger partial charge in [-0.05, 0) is 6.32 Å². The molecule has 0 bridgehead atoms. The molecule has 1 saturated heterocycles. The van der Waals surface area contributed by atoms with Gasteiger partial charge in [0.05, 0.1) is 27.7 Å². The maximum Gasteiger partial charge on any atom is 0.155 e. The van der Waals surface area contributed by atoms with Crippen molar-refractivity contribution in [2.24, 2.45) is 0 Å². The van der Waals surface area contributed by atoms with E-state index in [9.17, 15) is 4.79 Å². The zero-order valence-electron chi connectivity index (χ0n) is 7.71. The quantitative estimate of drug-likeness (QED) is 0.568. The van der Waals surface area contributed by atoms with E-state index in [-0.39, 0.29) is 12.1 Å². The van der Waals surface area contributed by atoms with Gasteiger partial charge in [-0.2, -0.15) is 0 Å².